The zero-order valence-electron chi connectivity index (χ0n) is 13.6. The standard InChI is InChI=1S/C16H21N3O4/c1-10-9-23-5-4-19(10)8-15-17-12-7-14(22-3)13(21-2)6-11(12)16(20)18-15/h6-7,10H,4-5,8-9H2,1-3H3,(H,17,18,20)/t10-/m1/s1. The summed E-state index contributed by atoms with van der Waals surface area (Å²) in [4.78, 5) is 22.0. The number of methoxy groups -OCH3 is 2. The first-order chi connectivity index (χ1) is 11.1. The average molecular weight is 319 g/mol. The van der Waals surface area contributed by atoms with Gasteiger partial charge in [0, 0.05) is 18.7 Å². The van der Waals surface area contributed by atoms with Gasteiger partial charge in [-0.15, -0.1) is 0 Å². The topological polar surface area (TPSA) is 76.7 Å². The van der Waals surface area contributed by atoms with Crippen molar-refractivity contribution in [1.82, 2.24) is 14.9 Å². The lowest BCUT2D eigenvalue weighted by molar-refractivity contribution is -0.00547. The molecule has 7 nitrogen and oxygen atoms in total. The largest absolute Gasteiger partial charge is 0.493 e. The van der Waals surface area contributed by atoms with E-state index >= 15 is 0 Å². The summed E-state index contributed by atoms with van der Waals surface area (Å²) in [6.45, 7) is 4.92. The molecule has 23 heavy (non-hydrogen) atoms. The molecule has 3 rings (SSSR count). The summed E-state index contributed by atoms with van der Waals surface area (Å²) in [7, 11) is 3.10. The molecule has 2 aromatic rings. The van der Waals surface area contributed by atoms with E-state index in [-0.39, 0.29) is 5.56 Å². The smallest absolute Gasteiger partial charge is 0.258 e. The lowest BCUT2D eigenvalue weighted by Gasteiger charge is -2.32. The number of aromatic amines is 1. The van der Waals surface area contributed by atoms with Crippen LogP contribution >= 0.6 is 0 Å². The Morgan fingerprint density at radius 3 is 2.78 bits per heavy atom. The average Bonchev–Trinajstić information content (AvgIpc) is 2.56. The summed E-state index contributed by atoms with van der Waals surface area (Å²) in [6, 6.07) is 3.69. The maximum Gasteiger partial charge on any atom is 0.258 e. The molecule has 0 amide bonds. The number of aromatic nitrogens is 2. The molecule has 1 N–H and O–H groups in total. The molecular weight excluding hydrogens is 298 g/mol. The van der Waals surface area contributed by atoms with Gasteiger partial charge in [-0.2, -0.15) is 0 Å². The molecule has 1 atom stereocenters. The van der Waals surface area contributed by atoms with Crippen LogP contribution in [0.25, 0.3) is 10.9 Å². The predicted octanol–water partition coefficient (Wildman–Crippen LogP) is 1.16. The van der Waals surface area contributed by atoms with Crippen molar-refractivity contribution in [3.63, 3.8) is 0 Å². The van der Waals surface area contributed by atoms with Crippen LogP contribution < -0.4 is 15.0 Å². The molecule has 0 bridgehead atoms. The molecule has 0 unspecified atom stereocenters. The Bertz CT molecular complexity index is 759. The fraction of sp³-hybridized carbons (Fsp3) is 0.500. The molecule has 1 aromatic carbocycles. The highest BCUT2D eigenvalue weighted by Crippen LogP contribution is 2.30. The van der Waals surface area contributed by atoms with Crippen LogP contribution in [0.5, 0.6) is 11.5 Å². The van der Waals surface area contributed by atoms with Gasteiger partial charge in [-0.25, -0.2) is 4.98 Å². The Kier molecular flexibility index (Phi) is 4.49. The van der Waals surface area contributed by atoms with E-state index in [9.17, 15) is 4.79 Å². The van der Waals surface area contributed by atoms with Crippen LogP contribution in [-0.4, -0.2) is 54.9 Å². The van der Waals surface area contributed by atoms with Crippen molar-refractivity contribution in [3.8, 4) is 11.5 Å². The third kappa shape index (κ3) is 3.16. The molecule has 7 heteroatoms. The Morgan fingerprint density at radius 1 is 1.35 bits per heavy atom. The first-order valence-electron chi connectivity index (χ1n) is 7.59. The summed E-state index contributed by atoms with van der Waals surface area (Å²) in [5.41, 5.74) is 0.425. The van der Waals surface area contributed by atoms with E-state index in [1.54, 1.807) is 26.4 Å². The number of nitrogens with one attached hydrogen (secondary N) is 1. The van der Waals surface area contributed by atoms with Gasteiger partial charge < -0.3 is 19.2 Å². The van der Waals surface area contributed by atoms with Crippen molar-refractivity contribution in [2.24, 2.45) is 0 Å². The van der Waals surface area contributed by atoms with Gasteiger partial charge in [0.15, 0.2) is 11.5 Å². The van der Waals surface area contributed by atoms with E-state index in [4.69, 9.17) is 14.2 Å². The zero-order chi connectivity index (χ0) is 16.4. The van der Waals surface area contributed by atoms with Gasteiger partial charge in [-0.05, 0) is 13.0 Å². The summed E-state index contributed by atoms with van der Waals surface area (Å²) in [6.07, 6.45) is 0. The molecule has 1 saturated heterocycles. The zero-order valence-corrected chi connectivity index (χ0v) is 13.6. The highest BCUT2D eigenvalue weighted by Gasteiger charge is 2.20. The van der Waals surface area contributed by atoms with Crippen LogP contribution in [0.3, 0.4) is 0 Å². The van der Waals surface area contributed by atoms with Crippen molar-refractivity contribution in [2.45, 2.75) is 19.5 Å². The molecule has 1 aliphatic rings. The number of nitrogens with zero attached hydrogens (tertiary/aromatic N) is 2. The maximum absolute atomic E-state index is 12.4. The lowest BCUT2D eigenvalue weighted by atomic mass is 10.2. The minimum Gasteiger partial charge on any atom is -0.493 e. The number of fused-ring (bicyclic) bond motifs is 1. The molecule has 1 fully saturated rings. The number of morpholine rings is 1. The van der Waals surface area contributed by atoms with Crippen LogP contribution in [0.15, 0.2) is 16.9 Å². The van der Waals surface area contributed by atoms with Crippen molar-refractivity contribution in [2.75, 3.05) is 34.0 Å². The fourth-order valence-electron chi connectivity index (χ4n) is 2.78. The fourth-order valence-corrected chi connectivity index (χ4v) is 2.78. The second kappa shape index (κ2) is 6.55. The Balaban J connectivity index is 1.98. The molecule has 0 aliphatic carbocycles. The van der Waals surface area contributed by atoms with E-state index < -0.39 is 0 Å². The lowest BCUT2D eigenvalue weighted by Crippen LogP contribution is -2.43. The van der Waals surface area contributed by atoms with Gasteiger partial charge in [0.05, 0.1) is 44.9 Å². The third-order valence-corrected chi connectivity index (χ3v) is 4.12. The minimum absolute atomic E-state index is 0.174. The van der Waals surface area contributed by atoms with Crippen LogP contribution in [0, 0.1) is 0 Å². The highest BCUT2D eigenvalue weighted by atomic mass is 16.5. The van der Waals surface area contributed by atoms with Gasteiger partial charge in [-0.1, -0.05) is 0 Å². The summed E-state index contributed by atoms with van der Waals surface area (Å²) < 4.78 is 16.0. The van der Waals surface area contributed by atoms with Crippen LogP contribution in [0.4, 0.5) is 0 Å². The van der Waals surface area contributed by atoms with E-state index in [0.717, 1.165) is 6.54 Å². The van der Waals surface area contributed by atoms with E-state index in [1.807, 2.05) is 0 Å². The molecule has 1 aliphatic heterocycles. The second-order valence-corrected chi connectivity index (χ2v) is 5.63. The maximum atomic E-state index is 12.4. The summed E-state index contributed by atoms with van der Waals surface area (Å²) in [5.74, 6) is 1.72. The first kappa shape index (κ1) is 15.8. The summed E-state index contributed by atoms with van der Waals surface area (Å²) in [5, 5.41) is 0.487. The third-order valence-electron chi connectivity index (χ3n) is 4.12. The predicted molar refractivity (Wildman–Crippen MR) is 86.2 cm³/mol. The number of rotatable bonds is 4. The Hall–Kier alpha value is -2.12. The molecule has 1 aromatic heterocycles. The minimum atomic E-state index is -0.174. The molecule has 0 spiro atoms. The number of benzene rings is 1. The van der Waals surface area contributed by atoms with Crippen molar-refractivity contribution >= 4 is 10.9 Å². The van der Waals surface area contributed by atoms with Crippen LogP contribution in [0.1, 0.15) is 12.7 Å². The van der Waals surface area contributed by atoms with Crippen LogP contribution in [0.2, 0.25) is 0 Å². The van der Waals surface area contributed by atoms with Gasteiger partial charge in [-0.3, -0.25) is 9.69 Å². The first-order valence-corrected chi connectivity index (χ1v) is 7.59. The van der Waals surface area contributed by atoms with Crippen LogP contribution in [-0.2, 0) is 11.3 Å². The van der Waals surface area contributed by atoms with Gasteiger partial charge >= 0.3 is 0 Å². The normalized spacial score (nSPS) is 19.0. The summed E-state index contributed by atoms with van der Waals surface area (Å²) >= 11 is 0. The van der Waals surface area contributed by atoms with E-state index in [2.05, 4.69) is 21.8 Å². The number of hydrogen-bond acceptors (Lipinski definition) is 6. The Labute approximate surface area is 134 Å². The van der Waals surface area contributed by atoms with E-state index in [0.29, 0.717) is 54.0 Å². The van der Waals surface area contributed by atoms with Gasteiger partial charge in [0.2, 0.25) is 0 Å². The molecular formula is C16H21N3O4. The highest BCUT2D eigenvalue weighted by molar-refractivity contribution is 5.81. The SMILES string of the molecule is COc1cc2nc(CN3CCOC[C@H]3C)[nH]c(=O)c2cc1OC. The number of hydrogen-bond donors (Lipinski definition) is 1. The van der Waals surface area contributed by atoms with Gasteiger partial charge in [0.1, 0.15) is 5.82 Å². The second-order valence-electron chi connectivity index (χ2n) is 5.63. The molecule has 124 valence electrons. The molecule has 0 saturated carbocycles. The Morgan fingerprint density at radius 2 is 2.09 bits per heavy atom. The number of ether oxygens (including phenoxy) is 3. The molecule has 0 radical (unpaired) electrons. The van der Waals surface area contributed by atoms with E-state index in [1.165, 1.54) is 0 Å². The van der Waals surface area contributed by atoms with Crippen molar-refractivity contribution < 1.29 is 14.2 Å². The molecule has 2 heterocycles. The van der Waals surface area contributed by atoms with Crippen molar-refractivity contribution in [1.29, 1.82) is 0 Å². The van der Waals surface area contributed by atoms with Gasteiger partial charge in [0.25, 0.3) is 5.56 Å². The number of H-pyrrole nitrogens is 1. The van der Waals surface area contributed by atoms with Crippen molar-refractivity contribution in [3.05, 3.63) is 28.3 Å². The monoisotopic (exact) mass is 319 g/mol. The quantitative estimate of drug-likeness (QED) is 0.911.